The van der Waals surface area contributed by atoms with Crippen molar-refractivity contribution in [3.63, 3.8) is 0 Å². The smallest absolute Gasteiger partial charge is 0.333 e. The van der Waals surface area contributed by atoms with E-state index >= 15 is 0 Å². The molecule has 9 nitrogen and oxygen atoms in total. The molecule has 0 N–H and O–H groups in total. The number of carbonyl (C=O) groups excluding carboxylic acids is 1. The van der Waals surface area contributed by atoms with Crippen molar-refractivity contribution in [3.05, 3.63) is 80.3 Å². The van der Waals surface area contributed by atoms with E-state index < -0.39 is 29.4 Å². The fourth-order valence-electron chi connectivity index (χ4n) is 4.54. The van der Waals surface area contributed by atoms with Gasteiger partial charge in [-0.25, -0.2) is 14.2 Å². The quantitative estimate of drug-likeness (QED) is 0.333. The first-order chi connectivity index (χ1) is 17.1. The van der Waals surface area contributed by atoms with Gasteiger partial charge in [-0.3, -0.25) is 18.7 Å². The van der Waals surface area contributed by atoms with Crippen LogP contribution < -0.4 is 11.2 Å². The van der Waals surface area contributed by atoms with E-state index in [0.29, 0.717) is 42.3 Å². The Morgan fingerprint density at radius 2 is 1.86 bits per heavy atom. The van der Waals surface area contributed by atoms with Crippen LogP contribution in [0.2, 0.25) is 0 Å². The number of para-hydroxylation sites is 1. The molecule has 0 unspecified atom stereocenters. The van der Waals surface area contributed by atoms with Crippen LogP contribution >= 0.6 is 0 Å². The van der Waals surface area contributed by atoms with Crippen LogP contribution in [0.15, 0.2) is 46.2 Å². The highest BCUT2D eigenvalue weighted by Crippen LogP contribution is 2.23. The molecule has 0 aliphatic heterocycles. The first-order valence-corrected chi connectivity index (χ1v) is 11.8. The third-order valence-corrected chi connectivity index (χ3v) is 6.19. The second-order valence-corrected chi connectivity index (χ2v) is 9.28. The number of ketones is 1. The lowest BCUT2D eigenvalue weighted by atomic mass is 10.1. The zero-order valence-corrected chi connectivity index (χ0v) is 21.1. The molecule has 0 radical (unpaired) electrons. The molecule has 3 heterocycles. The Labute approximate surface area is 207 Å². The molecule has 0 saturated carbocycles. The topological polar surface area (TPSA) is 93.1 Å². The highest BCUT2D eigenvalue weighted by molar-refractivity contribution is 5.97. The van der Waals surface area contributed by atoms with Gasteiger partial charge in [0.05, 0.1) is 25.2 Å². The Bertz CT molecular complexity index is 1560. The number of imidazole rings is 1. The van der Waals surface area contributed by atoms with Crippen molar-refractivity contribution in [2.75, 3.05) is 13.7 Å². The average molecular weight is 496 g/mol. The second kappa shape index (κ2) is 10.1. The van der Waals surface area contributed by atoms with Crippen LogP contribution in [-0.4, -0.2) is 42.8 Å². The SMILES string of the molecule is COCCn1cnc2c1c(=O)n(CC(=O)c1cc(C)n(-c3ccccc3F)c1C)c(=O)n2CC(C)C. The summed E-state index contributed by atoms with van der Waals surface area (Å²) in [6, 6.07) is 7.96. The van der Waals surface area contributed by atoms with Gasteiger partial charge < -0.3 is 13.9 Å². The molecule has 10 heteroatoms. The van der Waals surface area contributed by atoms with Gasteiger partial charge in [-0.15, -0.1) is 0 Å². The van der Waals surface area contributed by atoms with Crippen molar-refractivity contribution in [2.45, 2.75) is 47.3 Å². The molecule has 0 spiro atoms. The maximum atomic E-state index is 14.5. The summed E-state index contributed by atoms with van der Waals surface area (Å²) < 4.78 is 25.3. The van der Waals surface area contributed by atoms with Crippen LogP contribution in [0, 0.1) is 25.6 Å². The van der Waals surface area contributed by atoms with E-state index in [9.17, 15) is 18.8 Å². The predicted octanol–water partition coefficient (Wildman–Crippen LogP) is 3.09. The van der Waals surface area contributed by atoms with E-state index in [0.717, 1.165) is 4.57 Å². The van der Waals surface area contributed by atoms with Crippen LogP contribution in [0.4, 0.5) is 4.39 Å². The van der Waals surface area contributed by atoms with Crippen LogP contribution in [0.1, 0.15) is 35.6 Å². The lowest BCUT2D eigenvalue weighted by Crippen LogP contribution is -2.42. The summed E-state index contributed by atoms with van der Waals surface area (Å²) in [5.41, 5.74) is 1.21. The molecule has 36 heavy (non-hydrogen) atoms. The van der Waals surface area contributed by atoms with Gasteiger partial charge in [0.15, 0.2) is 16.9 Å². The fraction of sp³-hybridized carbons (Fsp3) is 0.385. The molecule has 0 bridgehead atoms. The second-order valence-electron chi connectivity index (χ2n) is 9.28. The molecular weight excluding hydrogens is 465 g/mol. The van der Waals surface area contributed by atoms with E-state index in [1.54, 1.807) is 54.4 Å². The van der Waals surface area contributed by atoms with Crippen molar-refractivity contribution in [3.8, 4) is 5.69 Å². The van der Waals surface area contributed by atoms with Crippen molar-refractivity contribution in [1.82, 2.24) is 23.3 Å². The number of ether oxygens (including phenoxy) is 1. The van der Waals surface area contributed by atoms with Crippen LogP contribution in [0.3, 0.4) is 0 Å². The molecule has 0 aliphatic rings. The Kier molecular flexibility index (Phi) is 7.07. The monoisotopic (exact) mass is 495 g/mol. The van der Waals surface area contributed by atoms with E-state index in [1.165, 1.54) is 17.0 Å². The minimum absolute atomic E-state index is 0.108. The van der Waals surface area contributed by atoms with Gasteiger partial charge in [-0.2, -0.15) is 0 Å². The van der Waals surface area contributed by atoms with Crippen molar-refractivity contribution in [2.24, 2.45) is 5.92 Å². The minimum atomic E-state index is -0.588. The van der Waals surface area contributed by atoms with Gasteiger partial charge in [0.25, 0.3) is 5.56 Å². The number of nitrogens with zero attached hydrogens (tertiary/aromatic N) is 5. The number of hydrogen-bond donors (Lipinski definition) is 0. The molecule has 3 aromatic heterocycles. The number of methoxy groups -OCH3 is 1. The summed E-state index contributed by atoms with van der Waals surface area (Å²) in [5, 5.41) is 0. The third-order valence-electron chi connectivity index (χ3n) is 6.19. The maximum Gasteiger partial charge on any atom is 0.333 e. The van der Waals surface area contributed by atoms with E-state index in [2.05, 4.69) is 4.98 Å². The van der Waals surface area contributed by atoms with Gasteiger partial charge in [0.2, 0.25) is 0 Å². The number of aromatic nitrogens is 5. The van der Waals surface area contributed by atoms with Crippen molar-refractivity contribution >= 4 is 16.9 Å². The molecule has 0 saturated heterocycles. The molecular formula is C26H30FN5O4. The zero-order chi connectivity index (χ0) is 26.1. The summed E-state index contributed by atoms with van der Waals surface area (Å²) in [7, 11) is 1.56. The van der Waals surface area contributed by atoms with E-state index in [1.807, 2.05) is 13.8 Å². The molecule has 4 aromatic rings. The summed E-state index contributed by atoms with van der Waals surface area (Å²) in [4.78, 5) is 44.6. The summed E-state index contributed by atoms with van der Waals surface area (Å²) in [6.07, 6.45) is 1.51. The number of hydrogen-bond acceptors (Lipinski definition) is 5. The van der Waals surface area contributed by atoms with Crippen LogP contribution in [0.25, 0.3) is 16.9 Å². The standard InChI is InChI=1S/C26H30FN5O4/c1-16(2)13-30-24-23(29(15-28-24)10-11-36-5)25(34)31(26(30)35)14-22(33)19-12-17(3)32(18(19)4)21-9-7-6-8-20(21)27/h6-9,12,15-16H,10-11,13-14H2,1-5H3. The van der Waals surface area contributed by atoms with Gasteiger partial charge in [0, 0.05) is 37.2 Å². The Morgan fingerprint density at radius 1 is 1.14 bits per heavy atom. The van der Waals surface area contributed by atoms with Crippen LogP contribution in [-0.2, 0) is 24.4 Å². The van der Waals surface area contributed by atoms with Gasteiger partial charge in [-0.05, 0) is 38.0 Å². The normalized spacial score (nSPS) is 11.6. The largest absolute Gasteiger partial charge is 0.383 e. The molecule has 0 amide bonds. The molecule has 4 rings (SSSR count). The Morgan fingerprint density at radius 3 is 2.53 bits per heavy atom. The number of rotatable bonds is 9. The lowest BCUT2D eigenvalue weighted by Gasteiger charge is -2.14. The van der Waals surface area contributed by atoms with Gasteiger partial charge in [0.1, 0.15) is 5.82 Å². The number of carbonyl (C=O) groups is 1. The highest BCUT2D eigenvalue weighted by Gasteiger charge is 2.23. The first-order valence-electron chi connectivity index (χ1n) is 11.8. The zero-order valence-electron chi connectivity index (χ0n) is 21.1. The van der Waals surface area contributed by atoms with Gasteiger partial charge in [-0.1, -0.05) is 26.0 Å². The van der Waals surface area contributed by atoms with E-state index in [-0.39, 0.29) is 17.1 Å². The number of benzene rings is 1. The summed E-state index contributed by atoms with van der Waals surface area (Å²) in [6.45, 7) is 8.04. The number of Topliss-reactive ketones (excluding diaryl/α,β-unsaturated/α-hetero) is 1. The molecule has 0 aliphatic carbocycles. The van der Waals surface area contributed by atoms with Crippen molar-refractivity contribution < 1.29 is 13.9 Å². The summed E-state index contributed by atoms with van der Waals surface area (Å²) >= 11 is 0. The molecule has 0 fully saturated rings. The van der Waals surface area contributed by atoms with Crippen LogP contribution in [0.5, 0.6) is 0 Å². The van der Waals surface area contributed by atoms with Crippen molar-refractivity contribution in [1.29, 1.82) is 0 Å². The number of fused-ring (bicyclic) bond motifs is 1. The predicted molar refractivity (Wildman–Crippen MR) is 134 cm³/mol. The minimum Gasteiger partial charge on any atom is -0.383 e. The fourth-order valence-corrected chi connectivity index (χ4v) is 4.54. The van der Waals surface area contributed by atoms with E-state index in [4.69, 9.17) is 4.74 Å². The Balaban J connectivity index is 1.82. The molecule has 1 aromatic carbocycles. The maximum absolute atomic E-state index is 14.5. The first kappa shape index (κ1) is 25.3. The van der Waals surface area contributed by atoms with Gasteiger partial charge >= 0.3 is 5.69 Å². The number of halogens is 1. The Hall–Kier alpha value is -3.79. The molecule has 190 valence electrons. The highest BCUT2D eigenvalue weighted by atomic mass is 19.1. The summed E-state index contributed by atoms with van der Waals surface area (Å²) in [5.74, 6) is -0.722. The average Bonchev–Trinajstić information content (AvgIpc) is 3.39. The third kappa shape index (κ3) is 4.44. The lowest BCUT2D eigenvalue weighted by molar-refractivity contribution is 0.0968. The molecule has 0 atom stereocenters. The number of aryl methyl sites for hydroxylation is 1.